The van der Waals surface area contributed by atoms with Gasteiger partial charge in [0.1, 0.15) is 22.9 Å². The third-order valence-corrected chi connectivity index (χ3v) is 17.5. The normalized spacial score (nSPS) is 20.2. The van der Waals surface area contributed by atoms with Crippen molar-refractivity contribution in [3.8, 4) is 22.5 Å². The smallest absolute Gasteiger partial charge is 0.337 e. The average molecular weight is 1140 g/mol. The van der Waals surface area contributed by atoms with E-state index in [2.05, 4.69) is 81.9 Å². The van der Waals surface area contributed by atoms with E-state index in [4.69, 9.17) is 55.4 Å². The number of aromatic nitrogens is 4. The number of hydrogen-bond acceptors (Lipinski definition) is 10. The molecule has 408 valence electrons. The Labute approximate surface area is 473 Å². The van der Waals surface area contributed by atoms with Crippen LogP contribution in [0.2, 0.25) is 20.1 Å². The third-order valence-electron chi connectivity index (χ3n) is 16.3. The maximum absolute atomic E-state index is 11.6. The van der Waals surface area contributed by atoms with E-state index < -0.39 is 11.9 Å². The Morgan fingerprint density at radius 1 is 0.551 bits per heavy atom. The zero-order valence-corrected chi connectivity index (χ0v) is 47.7. The number of carboxylic acids is 2. The molecule has 4 aliphatic rings. The number of piperazine rings is 2. The van der Waals surface area contributed by atoms with Gasteiger partial charge in [0.15, 0.2) is 0 Å². The van der Waals surface area contributed by atoms with E-state index in [-0.39, 0.29) is 24.2 Å². The molecule has 2 saturated heterocycles. The number of fused-ring (bicyclic) bond motifs is 2. The molecule has 78 heavy (non-hydrogen) atoms. The van der Waals surface area contributed by atoms with E-state index >= 15 is 0 Å². The van der Waals surface area contributed by atoms with Crippen LogP contribution in [-0.2, 0) is 26.9 Å². The Bertz CT molecular complexity index is 3280. The fourth-order valence-electron chi connectivity index (χ4n) is 12.5. The molecule has 4 atom stereocenters. The van der Waals surface area contributed by atoms with E-state index in [0.717, 1.165) is 156 Å². The number of nitrogens with zero attached hydrogens (tertiary/aromatic N) is 8. The summed E-state index contributed by atoms with van der Waals surface area (Å²) >= 11 is 26.2. The van der Waals surface area contributed by atoms with Gasteiger partial charge in [0.05, 0.1) is 42.3 Å². The molecule has 2 N–H and O–H groups in total. The molecule has 18 heteroatoms. The number of anilines is 2. The van der Waals surface area contributed by atoms with Crippen molar-refractivity contribution in [1.29, 1.82) is 0 Å². The van der Waals surface area contributed by atoms with Gasteiger partial charge in [-0.05, 0) is 127 Å². The highest BCUT2D eigenvalue weighted by Crippen LogP contribution is 2.48. The number of aryl methyl sites for hydroxylation is 2. The number of hydrogen-bond donors (Lipinski definition) is 2. The van der Waals surface area contributed by atoms with Crippen LogP contribution < -0.4 is 9.80 Å². The molecule has 4 fully saturated rings. The average Bonchev–Trinajstić information content (AvgIpc) is 4.29. The lowest BCUT2D eigenvalue weighted by atomic mass is 10.00. The molecule has 6 heterocycles. The third kappa shape index (κ3) is 10.5. The minimum absolute atomic E-state index is 0.285. The molecule has 4 aromatic heterocycles. The van der Waals surface area contributed by atoms with E-state index in [1.807, 2.05) is 71.8 Å². The van der Waals surface area contributed by atoms with Gasteiger partial charge in [-0.3, -0.25) is 9.80 Å². The van der Waals surface area contributed by atoms with Crippen LogP contribution >= 0.6 is 46.4 Å². The standard InChI is InChI=1S/2C30H32Cl2N4O3/c2*1-17-14-35(15-18(2)36(17)20-9-10-21-23(30(37)38)16-34(3)26(21)13-20)12-11-22-28(33-39-29(22)19-7-8-19)27-24(31)5-4-6-25(27)32/h2*4-6,9-10,13,16-19H,7-8,11-12,14-15H2,1-3H3,(H,37,38)/t17-,18+;17-,18-/m.1/s1. The first-order chi connectivity index (χ1) is 37.4. The highest BCUT2D eigenvalue weighted by molar-refractivity contribution is 6.39. The Hall–Kier alpha value is -6.00. The molecule has 0 amide bonds. The monoisotopic (exact) mass is 1130 g/mol. The maximum Gasteiger partial charge on any atom is 0.337 e. The molecule has 0 radical (unpaired) electrons. The van der Waals surface area contributed by atoms with Crippen LogP contribution in [0, 0.1) is 0 Å². The molecular formula is C60H64Cl4N8O6. The number of carbonyl (C=O) groups is 2. The molecule has 12 rings (SSSR count). The van der Waals surface area contributed by atoms with Crippen molar-refractivity contribution in [3.63, 3.8) is 0 Å². The van der Waals surface area contributed by atoms with Crippen LogP contribution in [-0.4, -0.2) is 115 Å². The highest BCUT2D eigenvalue weighted by Gasteiger charge is 2.37. The summed E-state index contributed by atoms with van der Waals surface area (Å²) in [6, 6.07) is 24.4. The van der Waals surface area contributed by atoms with Crippen molar-refractivity contribution >= 4 is 91.5 Å². The molecule has 2 aliphatic carbocycles. The summed E-state index contributed by atoms with van der Waals surface area (Å²) in [5, 5.41) is 31.9. The summed E-state index contributed by atoms with van der Waals surface area (Å²) in [5.74, 6) is 1.04. The van der Waals surface area contributed by atoms with Crippen LogP contribution in [0.1, 0.15) is 109 Å². The second kappa shape index (κ2) is 21.9. The second-order valence-electron chi connectivity index (χ2n) is 22.0. The number of benzene rings is 4. The highest BCUT2D eigenvalue weighted by atomic mass is 35.5. The summed E-state index contributed by atoms with van der Waals surface area (Å²) in [6.07, 6.45) is 9.53. The van der Waals surface area contributed by atoms with Gasteiger partial charge in [0, 0.05) is 146 Å². The Kier molecular flexibility index (Phi) is 15.2. The predicted molar refractivity (Wildman–Crippen MR) is 311 cm³/mol. The quantitative estimate of drug-likeness (QED) is 0.107. The lowest BCUT2D eigenvalue weighted by Crippen LogP contribution is -2.57. The second-order valence-corrected chi connectivity index (χ2v) is 23.7. The van der Waals surface area contributed by atoms with Gasteiger partial charge in [-0.2, -0.15) is 0 Å². The van der Waals surface area contributed by atoms with Gasteiger partial charge in [0.25, 0.3) is 0 Å². The van der Waals surface area contributed by atoms with Crippen molar-refractivity contribution in [3.05, 3.63) is 139 Å². The molecule has 0 bridgehead atoms. The molecule has 0 spiro atoms. The number of carboxylic acid groups (broad SMARTS) is 2. The van der Waals surface area contributed by atoms with E-state index in [1.165, 1.54) is 0 Å². The van der Waals surface area contributed by atoms with Gasteiger partial charge < -0.3 is 38.2 Å². The zero-order valence-electron chi connectivity index (χ0n) is 44.6. The summed E-state index contributed by atoms with van der Waals surface area (Å²) in [7, 11) is 3.79. The summed E-state index contributed by atoms with van der Waals surface area (Å²) in [6.45, 7) is 14.5. The fourth-order valence-corrected chi connectivity index (χ4v) is 13.6. The van der Waals surface area contributed by atoms with E-state index in [9.17, 15) is 19.8 Å². The van der Waals surface area contributed by atoms with Gasteiger partial charge >= 0.3 is 11.9 Å². The summed E-state index contributed by atoms with van der Waals surface area (Å²) < 4.78 is 15.5. The van der Waals surface area contributed by atoms with Crippen molar-refractivity contribution in [2.75, 3.05) is 49.1 Å². The van der Waals surface area contributed by atoms with Crippen molar-refractivity contribution < 1.29 is 28.8 Å². The topological polar surface area (TPSA) is 149 Å². The number of rotatable bonds is 14. The summed E-state index contributed by atoms with van der Waals surface area (Å²) in [5.41, 5.74) is 10.0. The largest absolute Gasteiger partial charge is 0.478 e. The SMILES string of the molecule is C[C@@H]1CN(CCc2c(-c3c(Cl)cccc3Cl)noc2C2CC2)C[C@@H](C)N1c1ccc2c(C(=O)O)cn(C)c2c1.C[C@@H]1CN(CCc2c(-c3c(Cl)cccc3Cl)noc2C2CC2)C[C@H](C)N1c1ccc2c(C(=O)O)cn(C)c2c1. The first-order valence-corrected chi connectivity index (χ1v) is 28.5. The van der Waals surface area contributed by atoms with Gasteiger partial charge in [-0.25, -0.2) is 9.59 Å². The van der Waals surface area contributed by atoms with Crippen molar-refractivity contribution in [2.24, 2.45) is 14.1 Å². The number of halogens is 4. The Morgan fingerprint density at radius 2 is 0.897 bits per heavy atom. The first kappa shape index (κ1) is 54.0. The van der Waals surface area contributed by atoms with Crippen LogP contribution in [0.25, 0.3) is 44.3 Å². The zero-order chi connectivity index (χ0) is 54.8. The molecule has 0 unspecified atom stereocenters. The van der Waals surface area contributed by atoms with Crippen LogP contribution in [0.4, 0.5) is 11.4 Å². The van der Waals surface area contributed by atoms with Gasteiger partial charge in [-0.15, -0.1) is 0 Å². The lowest BCUT2D eigenvalue weighted by Gasteiger charge is -2.46. The van der Waals surface area contributed by atoms with Gasteiger partial charge in [-0.1, -0.05) is 68.8 Å². The molecular weight excluding hydrogens is 1070 g/mol. The maximum atomic E-state index is 11.6. The Morgan fingerprint density at radius 3 is 1.22 bits per heavy atom. The minimum Gasteiger partial charge on any atom is -0.478 e. The fraction of sp³-hybridized carbons (Fsp3) is 0.400. The van der Waals surface area contributed by atoms with Crippen LogP contribution in [0.3, 0.4) is 0 Å². The minimum atomic E-state index is -0.902. The number of aromatic carboxylic acids is 2. The van der Waals surface area contributed by atoms with Crippen molar-refractivity contribution in [2.45, 2.75) is 102 Å². The molecule has 4 aromatic carbocycles. The lowest BCUT2D eigenvalue weighted by molar-refractivity contribution is 0.0688. The Balaban J connectivity index is 0.000000165. The molecule has 2 saturated carbocycles. The first-order valence-electron chi connectivity index (χ1n) is 27.0. The molecule has 2 aliphatic heterocycles. The van der Waals surface area contributed by atoms with Crippen molar-refractivity contribution in [1.82, 2.24) is 29.2 Å². The molecule has 8 aromatic rings. The van der Waals surface area contributed by atoms with Crippen LogP contribution in [0.5, 0.6) is 0 Å². The van der Waals surface area contributed by atoms with Crippen LogP contribution in [0.15, 0.2) is 94.2 Å². The van der Waals surface area contributed by atoms with E-state index in [0.29, 0.717) is 43.1 Å². The van der Waals surface area contributed by atoms with E-state index in [1.54, 1.807) is 12.4 Å². The predicted octanol–water partition coefficient (Wildman–Crippen LogP) is 13.7. The van der Waals surface area contributed by atoms with Gasteiger partial charge in [0.2, 0.25) is 0 Å². The molecule has 14 nitrogen and oxygen atoms in total. The summed E-state index contributed by atoms with van der Waals surface area (Å²) in [4.78, 5) is 33.2.